The molecule has 6 N–H and O–H groups in total. The van der Waals surface area contributed by atoms with Crippen molar-refractivity contribution in [1.29, 1.82) is 0 Å². The molecule has 13 heteroatoms. The molecular weight excluding hydrogens is 864 g/mol. The first kappa shape index (κ1) is 47.2. The Morgan fingerprint density at radius 3 is 1.76 bits per heavy atom. The van der Waals surface area contributed by atoms with Gasteiger partial charge in [0.1, 0.15) is 5.82 Å². The average Bonchev–Trinajstić information content (AvgIpc) is 3.25. The molecule has 7 aromatic carbocycles. The van der Waals surface area contributed by atoms with E-state index in [1.807, 2.05) is 91.0 Å². The van der Waals surface area contributed by atoms with Crippen LogP contribution in [-0.2, 0) is 33.8 Å². The summed E-state index contributed by atoms with van der Waals surface area (Å²) in [6, 6.07) is 48.9. The largest absolute Gasteiger partial charge is 0.481 e. The van der Waals surface area contributed by atoms with Gasteiger partial charge in [0.05, 0.1) is 29.5 Å². The summed E-state index contributed by atoms with van der Waals surface area (Å²) < 4.78 is 14.3. The maximum Gasteiger partial charge on any atom is 0.310 e. The standard InChI is InChI=1S/C20H16FNO2.C16H15Cl2NO2.C14H12ClNO2/c21-19-13-17(10-11-18(19)15-4-2-1-3-5-15)22-16-8-6-14(7-9-16)12-20(23)24;1-10(16(20)21)12-4-2-11(3-5-12)9-19-15-7-13(17)6-14(18)8-15;15-12-6-1-2-7-13(12)16-11-5-3-4-10(8-11)9-14(17)18/h1-11,13,22H,12H2,(H,23,24);2-8,10,19H,9H2,1H3,(H,20,21);1-8,16H,9H2,(H,17,18). The minimum absolute atomic E-state index is 0.0119. The Morgan fingerprint density at radius 2 is 1.14 bits per heavy atom. The van der Waals surface area contributed by atoms with Crippen LogP contribution in [0.4, 0.5) is 32.8 Å². The first-order valence-electron chi connectivity index (χ1n) is 19.5. The molecule has 0 heterocycles. The topological polar surface area (TPSA) is 148 Å². The zero-order valence-corrected chi connectivity index (χ0v) is 36.1. The van der Waals surface area contributed by atoms with E-state index in [-0.39, 0.29) is 18.7 Å². The molecule has 322 valence electrons. The summed E-state index contributed by atoms with van der Waals surface area (Å²) in [7, 11) is 0. The van der Waals surface area contributed by atoms with Gasteiger partial charge in [-0.2, -0.15) is 0 Å². The van der Waals surface area contributed by atoms with Gasteiger partial charge < -0.3 is 31.3 Å². The molecule has 0 aromatic heterocycles. The predicted octanol–water partition coefficient (Wildman–Crippen LogP) is 13.4. The van der Waals surface area contributed by atoms with E-state index in [9.17, 15) is 18.8 Å². The van der Waals surface area contributed by atoms with E-state index in [0.29, 0.717) is 32.9 Å². The molecule has 0 fully saturated rings. The van der Waals surface area contributed by atoms with Gasteiger partial charge in [-0.25, -0.2) is 4.39 Å². The normalized spacial score (nSPS) is 10.8. The summed E-state index contributed by atoms with van der Waals surface area (Å²) >= 11 is 17.9. The second kappa shape index (κ2) is 23.4. The molecule has 0 spiro atoms. The van der Waals surface area contributed by atoms with Gasteiger partial charge in [-0.05, 0) is 108 Å². The highest BCUT2D eigenvalue weighted by Gasteiger charge is 2.13. The van der Waals surface area contributed by atoms with Crippen molar-refractivity contribution in [3.63, 3.8) is 0 Å². The monoisotopic (exact) mass is 905 g/mol. The van der Waals surface area contributed by atoms with Crippen LogP contribution in [0.5, 0.6) is 0 Å². The van der Waals surface area contributed by atoms with Gasteiger partial charge in [0.15, 0.2) is 0 Å². The van der Waals surface area contributed by atoms with Gasteiger partial charge in [-0.3, -0.25) is 14.4 Å². The zero-order chi connectivity index (χ0) is 45.3. The van der Waals surface area contributed by atoms with E-state index in [2.05, 4.69) is 16.0 Å². The Kier molecular flexibility index (Phi) is 17.5. The maximum atomic E-state index is 14.3. The molecule has 0 aliphatic carbocycles. The van der Waals surface area contributed by atoms with Crippen LogP contribution in [-0.4, -0.2) is 33.2 Å². The van der Waals surface area contributed by atoms with Crippen LogP contribution in [0.1, 0.15) is 35.1 Å². The molecule has 0 amide bonds. The lowest BCUT2D eigenvalue weighted by Gasteiger charge is -2.10. The van der Waals surface area contributed by atoms with Crippen LogP contribution in [0.3, 0.4) is 0 Å². The first-order chi connectivity index (χ1) is 30.2. The number of anilines is 5. The van der Waals surface area contributed by atoms with Crippen molar-refractivity contribution in [3.05, 3.63) is 207 Å². The number of carboxylic acids is 3. The number of hydrogen-bond acceptors (Lipinski definition) is 6. The van der Waals surface area contributed by atoms with Crippen LogP contribution in [0, 0.1) is 5.82 Å². The van der Waals surface area contributed by atoms with Crippen molar-refractivity contribution < 1.29 is 34.1 Å². The van der Waals surface area contributed by atoms with Crippen molar-refractivity contribution in [2.75, 3.05) is 16.0 Å². The molecule has 0 saturated heterocycles. The Morgan fingerprint density at radius 1 is 0.556 bits per heavy atom. The van der Waals surface area contributed by atoms with E-state index in [4.69, 9.17) is 50.1 Å². The van der Waals surface area contributed by atoms with Crippen molar-refractivity contribution in [2.45, 2.75) is 32.2 Å². The third-order valence-corrected chi connectivity index (χ3v) is 10.1. The van der Waals surface area contributed by atoms with Crippen molar-refractivity contribution in [3.8, 4) is 11.1 Å². The first-order valence-corrected chi connectivity index (χ1v) is 20.6. The number of aliphatic carboxylic acids is 3. The highest BCUT2D eigenvalue weighted by molar-refractivity contribution is 6.35. The summed E-state index contributed by atoms with van der Waals surface area (Å²) in [5.74, 6) is -3.33. The van der Waals surface area contributed by atoms with Crippen LogP contribution in [0.15, 0.2) is 164 Å². The molecule has 0 saturated carbocycles. The highest BCUT2D eigenvalue weighted by atomic mass is 35.5. The van der Waals surface area contributed by atoms with E-state index < -0.39 is 23.8 Å². The lowest BCUT2D eigenvalue weighted by Crippen LogP contribution is -2.07. The summed E-state index contributed by atoms with van der Waals surface area (Å²) in [5, 5.41) is 37.8. The number of carboxylic acid groups (broad SMARTS) is 3. The lowest BCUT2D eigenvalue weighted by atomic mass is 10.00. The zero-order valence-electron chi connectivity index (χ0n) is 33.9. The number of para-hydroxylation sites is 1. The Hall–Kier alpha value is -6.85. The van der Waals surface area contributed by atoms with Gasteiger partial charge in [-0.1, -0.05) is 126 Å². The molecule has 0 aliphatic heterocycles. The molecule has 9 nitrogen and oxygen atoms in total. The quantitative estimate of drug-likeness (QED) is 0.0627. The average molecular weight is 907 g/mol. The van der Waals surface area contributed by atoms with Gasteiger partial charge in [-0.15, -0.1) is 0 Å². The minimum Gasteiger partial charge on any atom is -0.481 e. The summed E-state index contributed by atoms with van der Waals surface area (Å²) in [6.45, 7) is 2.28. The number of carbonyl (C=O) groups is 3. The predicted molar refractivity (Wildman–Crippen MR) is 252 cm³/mol. The van der Waals surface area contributed by atoms with E-state index >= 15 is 0 Å². The molecule has 1 atom stereocenters. The Balaban J connectivity index is 0.000000180. The van der Waals surface area contributed by atoms with Crippen LogP contribution in [0.25, 0.3) is 11.1 Å². The number of hydrogen-bond donors (Lipinski definition) is 6. The molecule has 0 radical (unpaired) electrons. The fourth-order valence-corrected chi connectivity index (χ4v) is 6.78. The van der Waals surface area contributed by atoms with Gasteiger partial charge in [0.25, 0.3) is 0 Å². The van der Waals surface area contributed by atoms with Crippen molar-refractivity contribution >= 4 is 81.1 Å². The van der Waals surface area contributed by atoms with Gasteiger partial charge in [0, 0.05) is 44.9 Å². The van der Waals surface area contributed by atoms with Gasteiger partial charge in [0.2, 0.25) is 0 Å². The lowest BCUT2D eigenvalue weighted by molar-refractivity contribution is -0.138. The van der Waals surface area contributed by atoms with Crippen molar-refractivity contribution in [1.82, 2.24) is 0 Å². The molecule has 7 aromatic rings. The summed E-state index contributed by atoms with van der Waals surface area (Å²) in [6.07, 6.45) is -0.00127. The fourth-order valence-electron chi connectivity index (χ4n) is 6.07. The highest BCUT2D eigenvalue weighted by Crippen LogP contribution is 2.28. The SMILES string of the molecule is CC(C(=O)O)c1ccc(CNc2cc(Cl)cc(Cl)c2)cc1.O=C(O)Cc1ccc(Nc2ccc(-c3ccccc3)c(F)c2)cc1.O=C(O)Cc1cccc(Nc2ccccc2Cl)c1. The van der Waals surface area contributed by atoms with Crippen molar-refractivity contribution in [2.24, 2.45) is 0 Å². The second-order valence-corrected chi connectivity index (χ2v) is 15.4. The van der Waals surface area contributed by atoms with Crippen LogP contribution >= 0.6 is 34.8 Å². The molecule has 1 unspecified atom stereocenters. The fraction of sp³-hybridized carbons (Fsp3) is 0.100. The third-order valence-electron chi connectivity index (χ3n) is 9.30. The smallest absolute Gasteiger partial charge is 0.310 e. The number of halogens is 4. The summed E-state index contributed by atoms with van der Waals surface area (Å²) in [5.41, 5.74) is 8.57. The van der Waals surface area contributed by atoms with Crippen LogP contribution < -0.4 is 16.0 Å². The Labute approximate surface area is 379 Å². The number of benzene rings is 7. The van der Waals surface area contributed by atoms with Gasteiger partial charge >= 0.3 is 17.9 Å². The maximum absolute atomic E-state index is 14.3. The van der Waals surface area contributed by atoms with E-state index in [1.165, 1.54) is 6.07 Å². The number of nitrogens with one attached hydrogen (secondary N) is 3. The molecule has 7 rings (SSSR count). The van der Waals surface area contributed by atoms with Crippen LogP contribution in [0.2, 0.25) is 15.1 Å². The molecular formula is C50H43Cl3FN3O6. The van der Waals surface area contributed by atoms with E-state index in [1.54, 1.807) is 73.7 Å². The molecule has 0 bridgehead atoms. The number of rotatable bonds is 14. The summed E-state index contributed by atoms with van der Waals surface area (Å²) in [4.78, 5) is 32.2. The second-order valence-electron chi connectivity index (χ2n) is 14.1. The minimum atomic E-state index is -0.866. The molecule has 0 aliphatic rings. The van der Waals surface area contributed by atoms with E-state index in [0.717, 1.165) is 50.6 Å². The molecule has 63 heavy (non-hydrogen) atoms. The third kappa shape index (κ3) is 15.5. The Bertz CT molecular complexity index is 2610.